The standard InChI is InChI=1S/C19H17ClF3N3O/c1-12-6-7-14(15(20)8-12)18-16(9-24)26(11-25-18)10-13-4-2-3-5-17(13)27-19(21,22)23/h2-8,11H,9-10,24H2,1H3. The first-order chi connectivity index (χ1) is 12.8. The van der Waals surface area contributed by atoms with Crippen molar-refractivity contribution in [1.29, 1.82) is 0 Å². The highest BCUT2D eigenvalue weighted by molar-refractivity contribution is 6.33. The van der Waals surface area contributed by atoms with Crippen LogP contribution in [0.2, 0.25) is 5.02 Å². The number of hydrogen-bond acceptors (Lipinski definition) is 3. The van der Waals surface area contributed by atoms with Crippen LogP contribution in [0.5, 0.6) is 5.75 Å². The molecule has 0 saturated carbocycles. The normalized spacial score (nSPS) is 11.6. The Morgan fingerprint density at radius 3 is 2.59 bits per heavy atom. The Labute approximate surface area is 159 Å². The molecule has 2 aromatic carbocycles. The molecule has 3 rings (SSSR count). The van der Waals surface area contributed by atoms with Gasteiger partial charge in [0.15, 0.2) is 0 Å². The third-order valence-corrected chi connectivity index (χ3v) is 4.37. The molecule has 0 aliphatic rings. The zero-order valence-corrected chi connectivity index (χ0v) is 15.2. The van der Waals surface area contributed by atoms with Crippen LogP contribution < -0.4 is 10.5 Å². The van der Waals surface area contributed by atoms with Crippen LogP contribution in [0.3, 0.4) is 0 Å². The number of aryl methyl sites for hydroxylation is 1. The number of ether oxygens (including phenoxy) is 1. The molecule has 1 heterocycles. The van der Waals surface area contributed by atoms with E-state index in [1.54, 1.807) is 16.7 Å². The molecule has 0 radical (unpaired) electrons. The predicted molar refractivity (Wildman–Crippen MR) is 97.5 cm³/mol. The number of nitrogens with two attached hydrogens (primary N) is 1. The zero-order chi connectivity index (χ0) is 19.6. The first-order valence-electron chi connectivity index (χ1n) is 8.12. The first kappa shape index (κ1) is 19.3. The largest absolute Gasteiger partial charge is 0.573 e. The van der Waals surface area contributed by atoms with Crippen molar-refractivity contribution < 1.29 is 17.9 Å². The number of imidazole rings is 1. The second kappa shape index (κ2) is 7.62. The quantitative estimate of drug-likeness (QED) is 0.667. The van der Waals surface area contributed by atoms with E-state index < -0.39 is 6.36 Å². The van der Waals surface area contributed by atoms with Gasteiger partial charge in [0.2, 0.25) is 0 Å². The summed E-state index contributed by atoms with van der Waals surface area (Å²) in [4.78, 5) is 4.38. The Balaban J connectivity index is 1.97. The van der Waals surface area contributed by atoms with Gasteiger partial charge in [-0.2, -0.15) is 0 Å². The average Bonchev–Trinajstić information content (AvgIpc) is 2.98. The van der Waals surface area contributed by atoms with Crippen LogP contribution in [0.1, 0.15) is 16.8 Å². The lowest BCUT2D eigenvalue weighted by Crippen LogP contribution is -2.19. The van der Waals surface area contributed by atoms with E-state index in [9.17, 15) is 13.2 Å². The molecule has 0 amide bonds. The van der Waals surface area contributed by atoms with Crippen LogP contribution in [-0.4, -0.2) is 15.9 Å². The maximum atomic E-state index is 12.6. The molecule has 0 spiro atoms. The molecule has 0 aliphatic heterocycles. The van der Waals surface area contributed by atoms with Crippen LogP contribution in [0.4, 0.5) is 13.2 Å². The fourth-order valence-corrected chi connectivity index (χ4v) is 3.16. The lowest BCUT2D eigenvalue weighted by atomic mass is 10.1. The number of aromatic nitrogens is 2. The van der Waals surface area contributed by atoms with E-state index in [2.05, 4.69) is 9.72 Å². The summed E-state index contributed by atoms with van der Waals surface area (Å²) in [5.74, 6) is -0.253. The molecular weight excluding hydrogens is 379 g/mol. The number of halogens is 4. The van der Waals surface area contributed by atoms with Gasteiger partial charge in [-0.1, -0.05) is 41.9 Å². The highest BCUT2D eigenvalue weighted by Gasteiger charge is 2.32. The van der Waals surface area contributed by atoms with Gasteiger partial charge in [0.1, 0.15) is 5.75 Å². The summed E-state index contributed by atoms with van der Waals surface area (Å²) in [6.07, 6.45) is -3.22. The fraction of sp³-hybridized carbons (Fsp3) is 0.211. The SMILES string of the molecule is Cc1ccc(-c2ncn(Cc3ccccc3OC(F)(F)F)c2CN)c(Cl)c1. The molecule has 2 N–H and O–H groups in total. The van der Waals surface area contributed by atoms with Gasteiger partial charge in [0, 0.05) is 17.7 Å². The Kier molecular flexibility index (Phi) is 5.43. The molecule has 0 aliphatic carbocycles. The Morgan fingerprint density at radius 1 is 1.19 bits per heavy atom. The predicted octanol–water partition coefficient (Wildman–Crippen LogP) is 4.92. The molecule has 1 aromatic heterocycles. The summed E-state index contributed by atoms with van der Waals surface area (Å²) < 4.78 is 43.7. The van der Waals surface area contributed by atoms with E-state index in [1.807, 2.05) is 25.1 Å². The zero-order valence-electron chi connectivity index (χ0n) is 14.4. The molecule has 142 valence electrons. The van der Waals surface area contributed by atoms with Crippen LogP contribution in [0, 0.1) is 6.92 Å². The molecule has 8 heteroatoms. The van der Waals surface area contributed by atoms with Gasteiger partial charge < -0.3 is 15.0 Å². The van der Waals surface area contributed by atoms with Crippen LogP contribution in [-0.2, 0) is 13.1 Å². The van der Waals surface area contributed by atoms with Gasteiger partial charge in [-0.05, 0) is 24.6 Å². The van der Waals surface area contributed by atoms with Gasteiger partial charge in [0.05, 0.1) is 29.3 Å². The first-order valence-corrected chi connectivity index (χ1v) is 8.50. The smallest absolute Gasteiger partial charge is 0.405 e. The van der Waals surface area contributed by atoms with Crippen molar-refractivity contribution in [3.63, 3.8) is 0 Å². The highest BCUT2D eigenvalue weighted by Crippen LogP contribution is 2.32. The van der Waals surface area contributed by atoms with Crippen LogP contribution >= 0.6 is 11.6 Å². The number of hydrogen-bond donors (Lipinski definition) is 1. The molecule has 0 fully saturated rings. The van der Waals surface area contributed by atoms with Crippen molar-refractivity contribution in [2.75, 3.05) is 0 Å². The Hall–Kier alpha value is -2.51. The molecule has 0 atom stereocenters. The minimum atomic E-state index is -4.76. The van der Waals surface area contributed by atoms with E-state index in [0.717, 1.165) is 11.1 Å². The third-order valence-electron chi connectivity index (χ3n) is 4.06. The fourth-order valence-electron chi connectivity index (χ4n) is 2.84. The van der Waals surface area contributed by atoms with Gasteiger partial charge >= 0.3 is 6.36 Å². The maximum Gasteiger partial charge on any atom is 0.573 e. The average molecular weight is 396 g/mol. The van der Waals surface area contributed by atoms with E-state index in [1.165, 1.54) is 18.5 Å². The maximum absolute atomic E-state index is 12.6. The minimum absolute atomic E-state index is 0.134. The van der Waals surface area contributed by atoms with E-state index in [-0.39, 0.29) is 18.8 Å². The molecule has 4 nitrogen and oxygen atoms in total. The number of para-hydroxylation sites is 1. The van der Waals surface area contributed by atoms with E-state index in [0.29, 0.717) is 22.0 Å². The van der Waals surface area contributed by atoms with Crippen molar-refractivity contribution in [1.82, 2.24) is 9.55 Å². The van der Waals surface area contributed by atoms with Crippen molar-refractivity contribution in [2.45, 2.75) is 26.4 Å². The third kappa shape index (κ3) is 4.43. The number of rotatable bonds is 5. The van der Waals surface area contributed by atoms with Gasteiger partial charge in [-0.3, -0.25) is 0 Å². The number of benzene rings is 2. The molecular formula is C19H17ClF3N3O. The van der Waals surface area contributed by atoms with Gasteiger partial charge in [0.25, 0.3) is 0 Å². The van der Waals surface area contributed by atoms with Crippen LogP contribution in [0.15, 0.2) is 48.8 Å². The van der Waals surface area contributed by atoms with Crippen molar-refractivity contribution in [3.05, 3.63) is 70.6 Å². The molecule has 3 aromatic rings. The summed E-state index contributed by atoms with van der Waals surface area (Å²) in [7, 11) is 0. The van der Waals surface area contributed by atoms with Gasteiger partial charge in [-0.15, -0.1) is 13.2 Å². The molecule has 27 heavy (non-hydrogen) atoms. The second-order valence-electron chi connectivity index (χ2n) is 6.01. The Morgan fingerprint density at radius 2 is 1.93 bits per heavy atom. The number of nitrogens with zero attached hydrogens (tertiary/aromatic N) is 2. The second-order valence-corrected chi connectivity index (χ2v) is 6.42. The molecule has 0 bridgehead atoms. The van der Waals surface area contributed by atoms with Crippen LogP contribution in [0.25, 0.3) is 11.3 Å². The summed E-state index contributed by atoms with van der Waals surface area (Å²) in [6.45, 7) is 2.22. The lowest BCUT2D eigenvalue weighted by Gasteiger charge is -2.15. The lowest BCUT2D eigenvalue weighted by molar-refractivity contribution is -0.274. The molecule has 0 saturated heterocycles. The van der Waals surface area contributed by atoms with Crippen molar-refractivity contribution >= 4 is 11.6 Å². The summed E-state index contributed by atoms with van der Waals surface area (Å²) >= 11 is 6.33. The highest BCUT2D eigenvalue weighted by atomic mass is 35.5. The summed E-state index contributed by atoms with van der Waals surface area (Å²) in [5.41, 5.74) is 9.27. The minimum Gasteiger partial charge on any atom is -0.405 e. The van der Waals surface area contributed by atoms with E-state index in [4.69, 9.17) is 17.3 Å². The van der Waals surface area contributed by atoms with Crippen molar-refractivity contribution in [2.24, 2.45) is 5.73 Å². The number of alkyl halides is 3. The summed E-state index contributed by atoms with van der Waals surface area (Å²) in [5, 5.41) is 0.538. The molecule has 0 unspecified atom stereocenters. The van der Waals surface area contributed by atoms with Gasteiger partial charge in [-0.25, -0.2) is 4.98 Å². The monoisotopic (exact) mass is 395 g/mol. The summed E-state index contributed by atoms with van der Waals surface area (Å²) in [6, 6.07) is 11.6. The van der Waals surface area contributed by atoms with E-state index >= 15 is 0 Å². The Bertz CT molecular complexity index is 954. The van der Waals surface area contributed by atoms with Crippen molar-refractivity contribution in [3.8, 4) is 17.0 Å². The topological polar surface area (TPSA) is 53.1 Å².